The van der Waals surface area contributed by atoms with Crippen LogP contribution >= 0.6 is 11.6 Å². The van der Waals surface area contributed by atoms with Crippen LogP contribution in [0.15, 0.2) is 67.0 Å². The highest BCUT2D eigenvalue weighted by Gasteiger charge is 2.25. The molecule has 154 valence electrons. The molecule has 2 aromatic carbocycles. The summed E-state index contributed by atoms with van der Waals surface area (Å²) in [6.07, 6.45) is 4.54. The molecule has 4 rings (SSSR count). The number of piperidine rings is 1. The minimum absolute atomic E-state index is 0.00511. The molecule has 1 amide bonds. The Labute approximate surface area is 180 Å². The first-order chi connectivity index (χ1) is 14.7. The highest BCUT2D eigenvalue weighted by Crippen LogP contribution is 2.22. The van der Waals surface area contributed by atoms with Crippen molar-refractivity contribution in [1.29, 1.82) is 0 Å². The number of likely N-dealkylation sites (tertiary alicyclic amines) is 1. The van der Waals surface area contributed by atoms with Crippen molar-refractivity contribution in [3.63, 3.8) is 0 Å². The topological polar surface area (TPSA) is 64.5 Å². The van der Waals surface area contributed by atoms with E-state index >= 15 is 0 Å². The summed E-state index contributed by atoms with van der Waals surface area (Å²) in [5.41, 5.74) is 2.25. The van der Waals surface area contributed by atoms with Gasteiger partial charge >= 0.3 is 6.01 Å². The molecular formula is C23H22ClN3O3. The van der Waals surface area contributed by atoms with Crippen molar-refractivity contribution in [1.82, 2.24) is 14.9 Å². The van der Waals surface area contributed by atoms with E-state index in [-0.39, 0.29) is 24.6 Å². The Bertz CT molecular complexity index is 965. The van der Waals surface area contributed by atoms with Gasteiger partial charge in [-0.2, -0.15) is 0 Å². The van der Waals surface area contributed by atoms with Crippen molar-refractivity contribution >= 4 is 17.5 Å². The third-order valence-corrected chi connectivity index (χ3v) is 5.12. The highest BCUT2D eigenvalue weighted by molar-refractivity contribution is 6.30. The zero-order valence-electron chi connectivity index (χ0n) is 16.4. The molecule has 1 atom stereocenters. The van der Waals surface area contributed by atoms with Crippen molar-refractivity contribution in [2.75, 3.05) is 19.7 Å². The van der Waals surface area contributed by atoms with Gasteiger partial charge in [0, 0.05) is 6.54 Å². The Kier molecular flexibility index (Phi) is 6.44. The molecule has 1 aliphatic rings. The fourth-order valence-corrected chi connectivity index (χ4v) is 3.48. The van der Waals surface area contributed by atoms with Gasteiger partial charge in [-0.3, -0.25) is 4.79 Å². The van der Waals surface area contributed by atoms with Crippen molar-refractivity contribution in [2.24, 2.45) is 0 Å². The first-order valence-electron chi connectivity index (χ1n) is 9.87. The molecule has 3 aromatic rings. The lowest BCUT2D eigenvalue weighted by atomic mass is 10.1. The van der Waals surface area contributed by atoms with Gasteiger partial charge in [0.2, 0.25) is 0 Å². The molecule has 0 spiro atoms. The van der Waals surface area contributed by atoms with E-state index in [1.807, 2.05) is 42.5 Å². The van der Waals surface area contributed by atoms with Crippen LogP contribution in [0.4, 0.5) is 0 Å². The predicted octanol–water partition coefficient (Wildman–Crippen LogP) is 4.25. The molecule has 1 saturated heterocycles. The second-order valence-corrected chi connectivity index (χ2v) is 7.52. The van der Waals surface area contributed by atoms with Crippen molar-refractivity contribution in [2.45, 2.75) is 18.9 Å². The Balaban J connectivity index is 1.28. The fourth-order valence-electron chi connectivity index (χ4n) is 3.38. The number of amides is 1. The molecule has 1 aliphatic heterocycles. The third-order valence-electron chi connectivity index (χ3n) is 4.92. The van der Waals surface area contributed by atoms with Crippen LogP contribution in [0, 0.1) is 0 Å². The molecule has 0 radical (unpaired) electrons. The SMILES string of the molecule is O=C(COc1ccc(-c2ccccc2)cc1)N1CCCC(Oc2ncc(Cl)cn2)C1. The molecule has 1 aromatic heterocycles. The lowest BCUT2D eigenvalue weighted by molar-refractivity contribution is -0.136. The van der Waals surface area contributed by atoms with Crippen LogP contribution in [0.25, 0.3) is 11.1 Å². The molecule has 7 heteroatoms. The largest absolute Gasteiger partial charge is 0.484 e. The summed E-state index contributed by atoms with van der Waals surface area (Å²) in [5.74, 6) is 0.606. The summed E-state index contributed by atoms with van der Waals surface area (Å²) >= 11 is 5.80. The zero-order chi connectivity index (χ0) is 20.8. The average Bonchev–Trinajstić information content (AvgIpc) is 2.80. The molecular weight excluding hydrogens is 402 g/mol. The van der Waals surface area contributed by atoms with E-state index in [0.717, 1.165) is 24.0 Å². The van der Waals surface area contributed by atoms with Crippen molar-refractivity contribution in [3.05, 3.63) is 72.0 Å². The first kappa shape index (κ1) is 20.2. The van der Waals surface area contributed by atoms with Gasteiger partial charge in [-0.05, 0) is 36.1 Å². The maximum atomic E-state index is 12.6. The summed E-state index contributed by atoms with van der Waals surface area (Å²) in [4.78, 5) is 22.5. The smallest absolute Gasteiger partial charge is 0.316 e. The quantitative estimate of drug-likeness (QED) is 0.593. The van der Waals surface area contributed by atoms with Crippen LogP contribution in [0.1, 0.15) is 12.8 Å². The number of halogens is 1. The summed E-state index contributed by atoms with van der Waals surface area (Å²) in [6, 6.07) is 18.1. The van der Waals surface area contributed by atoms with Crippen LogP contribution in [0.2, 0.25) is 5.02 Å². The predicted molar refractivity (Wildman–Crippen MR) is 115 cm³/mol. The monoisotopic (exact) mass is 423 g/mol. The number of nitrogens with zero attached hydrogens (tertiary/aromatic N) is 3. The molecule has 30 heavy (non-hydrogen) atoms. The number of carbonyl (C=O) groups is 1. The van der Waals surface area contributed by atoms with Gasteiger partial charge in [-0.15, -0.1) is 0 Å². The van der Waals surface area contributed by atoms with E-state index in [9.17, 15) is 4.79 Å². The van der Waals surface area contributed by atoms with E-state index in [2.05, 4.69) is 22.1 Å². The first-order valence-corrected chi connectivity index (χ1v) is 10.3. The molecule has 2 heterocycles. The van der Waals surface area contributed by atoms with E-state index in [0.29, 0.717) is 23.9 Å². The van der Waals surface area contributed by atoms with Gasteiger partial charge in [-0.25, -0.2) is 9.97 Å². The second-order valence-electron chi connectivity index (χ2n) is 7.08. The molecule has 1 fully saturated rings. The van der Waals surface area contributed by atoms with Crippen LogP contribution < -0.4 is 9.47 Å². The molecule has 0 N–H and O–H groups in total. The third kappa shape index (κ3) is 5.27. The fraction of sp³-hybridized carbons (Fsp3) is 0.261. The number of aromatic nitrogens is 2. The number of ether oxygens (including phenoxy) is 2. The Morgan fingerprint density at radius 1 is 1.03 bits per heavy atom. The van der Waals surface area contributed by atoms with Crippen molar-refractivity contribution < 1.29 is 14.3 Å². The second kappa shape index (κ2) is 9.59. The van der Waals surface area contributed by atoms with E-state index in [4.69, 9.17) is 21.1 Å². The van der Waals surface area contributed by atoms with Gasteiger partial charge in [0.15, 0.2) is 6.61 Å². The maximum Gasteiger partial charge on any atom is 0.316 e. The lowest BCUT2D eigenvalue weighted by Crippen LogP contribution is -2.46. The van der Waals surface area contributed by atoms with Crippen molar-refractivity contribution in [3.8, 4) is 22.9 Å². The van der Waals surface area contributed by atoms with Crippen LogP contribution in [-0.4, -0.2) is 46.6 Å². The maximum absolute atomic E-state index is 12.6. The van der Waals surface area contributed by atoms with Gasteiger partial charge < -0.3 is 14.4 Å². The number of hydrogen-bond donors (Lipinski definition) is 0. The van der Waals surface area contributed by atoms with Crippen LogP contribution in [-0.2, 0) is 4.79 Å². The Hall–Kier alpha value is -3.12. The molecule has 0 saturated carbocycles. The highest BCUT2D eigenvalue weighted by atomic mass is 35.5. The van der Waals surface area contributed by atoms with Gasteiger partial charge in [-0.1, -0.05) is 54.1 Å². The molecule has 0 bridgehead atoms. The van der Waals surface area contributed by atoms with Gasteiger partial charge in [0.1, 0.15) is 11.9 Å². The number of carbonyl (C=O) groups excluding carboxylic acids is 1. The number of benzene rings is 2. The summed E-state index contributed by atoms with van der Waals surface area (Å²) in [5, 5.41) is 0.455. The molecule has 0 aliphatic carbocycles. The lowest BCUT2D eigenvalue weighted by Gasteiger charge is -2.32. The van der Waals surface area contributed by atoms with E-state index < -0.39 is 0 Å². The van der Waals surface area contributed by atoms with Crippen LogP contribution in [0.3, 0.4) is 0 Å². The number of rotatable bonds is 6. The summed E-state index contributed by atoms with van der Waals surface area (Å²) in [7, 11) is 0. The Morgan fingerprint density at radius 3 is 2.47 bits per heavy atom. The minimum atomic E-state index is -0.144. The van der Waals surface area contributed by atoms with E-state index in [1.165, 1.54) is 12.4 Å². The Morgan fingerprint density at radius 2 is 1.73 bits per heavy atom. The van der Waals surface area contributed by atoms with Gasteiger partial charge in [0.05, 0.1) is 24.0 Å². The normalized spacial score (nSPS) is 16.2. The van der Waals surface area contributed by atoms with Crippen LogP contribution in [0.5, 0.6) is 11.8 Å². The summed E-state index contributed by atoms with van der Waals surface area (Å²) < 4.78 is 11.5. The minimum Gasteiger partial charge on any atom is -0.484 e. The number of hydrogen-bond acceptors (Lipinski definition) is 5. The van der Waals surface area contributed by atoms with E-state index in [1.54, 1.807) is 4.90 Å². The summed E-state index contributed by atoms with van der Waals surface area (Å²) in [6.45, 7) is 1.17. The standard InChI is InChI=1S/C23H22ClN3O3/c24-19-13-25-23(26-14-19)30-21-7-4-12-27(15-21)22(28)16-29-20-10-8-18(9-11-20)17-5-2-1-3-6-17/h1-3,5-6,8-11,13-14,21H,4,7,12,15-16H2. The zero-order valence-corrected chi connectivity index (χ0v) is 17.2. The van der Waals surface area contributed by atoms with Gasteiger partial charge in [0.25, 0.3) is 5.91 Å². The molecule has 1 unspecified atom stereocenters. The average molecular weight is 424 g/mol. The molecule has 6 nitrogen and oxygen atoms in total.